The molecule has 6 nitrogen and oxygen atoms in total. The number of carboxylic acids is 1. The van der Waals surface area contributed by atoms with Crippen molar-refractivity contribution in [2.75, 3.05) is 0 Å². The Labute approximate surface area is 124 Å². The maximum Gasteiger partial charge on any atom is 0.338 e. The highest BCUT2D eigenvalue weighted by Crippen LogP contribution is 2.29. The maximum absolute atomic E-state index is 11.0. The number of hydrogen-bond donors (Lipinski definition) is 1. The molecule has 3 aromatic heterocycles. The van der Waals surface area contributed by atoms with Crippen LogP contribution < -0.4 is 0 Å². The van der Waals surface area contributed by atoms with E-state index in [-0.39, 0.29) is 5.56 Å². The van der Waals surface area contributed by atoms with Gasteiger partial charge in [0.1, 0.15) is 0 Å². The zero-order valence-corrected chi connectivity index (χ0v) is 11.3. The van der Waals surface area contributed by atoms with E-state index in [4.69, 9.17) is 5.11 Å². The van der Waals surface area contributed by atoms with E-state index in [0.717, 1.165) is 22.0 Å². The summed E-state index contributed by atoms with van der Waals surface area (Å²) >= 11 is 0. The van der Waals surface area contributed by atoms with E-state index in [1.807, 2.05) is 30.3 Å². The summed E-state index contributed by atoms with van der Waals surface area (Å²) in [5.41, 5.74) is 3.41. The van der Waals surface area contributed by atoms with Crippen molar-refractivity contribution >= 4 is 22.5 Å². The van der Waals surface area contributed by atoms with Gasteiger partial charge in [0.25, 0.3) is 0 Å². The van der Waals surface area contributed by atoms with Crippen molar-refractivity contribution in [1.29, 1.82) is 0 Å². The number of carboxylic acid groups (broad SMARTS) is 1. The predicted octanol–water partition coefficient (Wildman–Crippen LogP) is 2.64. The quantitative estimate of drug-likeness (QED) is 0.614. The minimum atomic E-state index is -1.03. The molecule has 6 heteroatoms. The molecule has 1 N–H and O–H groups in total. The standard InChI is InChI=1S/C16H10N4O2/c21-16(22)10-7-18-15-13(8-19-20(15)9-10)11-5-6-17-14-4-2-1-3-12(11)14/h1-9H,(H,21,22). The van der Waals surface area contributed by atoms with Crippen molar-refractivity contribution in [1.82, 2.24) is 19.6 Å². The first kappa shape index (κ1) is 12.5. The Morgan fingerprint density at radius 3 is 2.77 bits per heavy atom. The number of fused-ring (bicyclic) bond motifs is 2. The van der Waals surface area contributed by atoms with Gasteiger partial charge in [0, 0.05) is 29.5 Å². The van der Waals surface area contributed by atoms with Crippen LogP contribution in [0.4, 0.5) is 0 Å². The van der Waals surface area contributed by atoms with Crippen LogP contribution in [0, 0.1) is 0 Å². The molecule has 4 rings (SSSR count). The molecular formula is C16H10N4O2. The lowest BCUT2D eigenvalue weighted by molar-refractivity contribution is 0.0695. The van der Waals surface area contributed by atoms with Gasteiger partial charge in [0.15, 0.2) is 5.65 Å². The Morgan fingerprint density at radius 2 is 1.91 bits per heavy atom. The van der Waals surface area contributed by atoms with Crippen LogP contribution in [0.15, 0.2) is 55.1 Å². The molecule has 0 fully saturated rings. The van der Waals surface area contributed by atoms with E-state index in [9.17, 15) is 4.79 Å². The lowest BCUT2D eigenvalue weighted by Crippen LogP contribution is -2.01. The van der Waals surface area contributed by atoms with Crippen LogP contribution in [-0.2, 0) is 0 Å². The van der Waals surface area contributed by atoms with E-state index >= 15 is 0 Å². The molecule has 0 aliphatic rings. The minimum Gasteiger partial charge on any atom is -0.478 e. The van der Waals surface area contributed by atoms with Gasteiger partial charge in [-0.15, -0.1) is 0 Å². The van der Waals surface area contributed by atoms with Crippen LogP contribution in [0.3, 0.4) is 0 Å². The summed E-state index contributed by atoms with van der Waals surface area (Å²) in [6.07, 6.45) is 6.23. The highest BCUT2D eigenvalue weighted by atomic mass is 16.4. The lowest BCUT2D eigenvalue weighted by Gasteiger charge is -2.04. The third-order valence-corrected chi connectivity index (χ3v) is 3.54. The molecular weight excluding hydrogens is 280 g/mol. The zero-order chi connectivity index (χ0) is 15.1. The normalized spacial score (nSPS) is 11.1. The number of nitrogens with zero attached hydrogens (tertiary/aromatic N) is 4. The minimum absolute atomic E-state index is 0.0988. The maximum atomic E-state index is 11.0. The molecule has 3 heterocycles. The SMILES string of the molecule is O=C(O)c1cnc2c(-c3ccnc4ccccc34)cnn2c1. The van der Waals surface area contributed by atoms with Crippen LogP contribution in [0.5, 0.6) is 0 Å². The Hall–Kier alpha value is -3.28. The first-order chi connectivity index (χ1) is 10.7. The van der Waals surface area contributed by atoms with Crippen molar-refractivity contribution in [2.45, 2.75) is 0 Å². The molecule has 0 bridgehead atoms. The van der Waals surface area contributed by atoms with Gasteiger partial charge in [-0.2, -0.15) is 5.10 Å². The second-order valence-corrected chi connectivity index (χ2v) is 4.85. The van der Waals surface area contributed by atoms with Gasteiger partial charge in [-0.3, -0.25) is 4.98 Å². The molecule has 22 heavy (non-hydrogen) atoms. The molecule has 0 atom stereocenters. The number of benzene rings is 1. The van der Waals surface area contributed by atoms with Crippen molar-refractivity contribution in [3.05, 3.63) is 60.7 Å². The molecule has 0 amide bonds. The summed E-state index contributed by atoms with van der Waals surface area (Å²) in [6.45, 7) is 0. The zero-order valence-electron chi connectivity index (χ0n) is 11.3. The second kappa shape index (κ2) is 4.63. The van der Waals surface area contributed by atoms with Gasteiger partial charge in [-0.1, -0.05) is 18.2 Å². The van der Waals surface area contributed by atoms with Gasteiger partial charge in [0.05, 0.1) is 17.3 Å². The molecule has 0 aliphatic heterocycles. The number of aromatic carboxylic acids is 1. The number of carbonyl (C=O) groups is 1. The van der Waals surface area contributed by atoms with Gasteiger partial charge < -0.3 is 5.11 Å². The van der Waals surface area contributed by atoms with E-state index in [1.165, 1.54) is 16.9 Å². The van der Waals surface area contributed by atoms with Gasteiger partial charge in [-0.25, -0.2) is 14.3 Å². The molecule has 4 aromatic rings. The molecule has 0 aliphatic carbocycles. The molecule has 1 aromatic carbocycles. The molecule has 0 unspecified atom stereocenters. The molecule has 0 saturated heterocycles. The van der Waals surface area contributed by atoms with Gasteiger partial charge in [0.2, 0.25) is 0 Å². The highest BCUT2D eigenvalue weighted by Gasteiger charge is 2.13. The smallest absolute Gasteiger partial charge is 0.338 e. The molecule has 0 spiro atoms. The number of hydrogen-bond acceptors (Lipinski definition) is 4. The van der Waals surface area contributed by atoms with Crippen LogP contribution >= 0.6 is 0 Å². The third-order valence-electron chi connectivity index (χ3n) is 3.54. The molecule has 106 valence electrons. The van der Waals surface area contributed by atoms with E-state index < -0.39 is 5.97 Å². The highest BCUT2D eigenvalue weighted by molar-refractivity contribution is 5.97. The number of pyridine rings is 1. The summed E-state index contributed by atoms with van der Waals surface area (Å²) in [7, 11) is 0. The first-order valence-electron chi connectivity index (χ1n) is 6.65. The van der Waals surface area contributed by atoms with Crippen molar-refractivity contribution < 1.29 is 9.90 Å². The Morgan fingerprint density at radius 1 is 1.05 bits per heavy atom. The van der Waals surface area contributed by atoms with Crippen LogP contribution in [0.2, 0.25) is 0 Å². The summed E-state index contributed by atoms with van der Waals surface area (Å²) in [5, 5.41) is 14.2. The Balaban J connectivity index is 1.99. The fraction of sp³-hybridized carbons (Fsp3) is 0. The largest absolute Gasteiger partial charge is 0.478 e. The average molecular weight is 290 g/mol. The fourth-order valence-corrected chi connectivity index (χ4v) is 2.51. The molecule has 0 saturated carbocycles. The van der Waals surface area contributed by atoms with Crippen LogP contribution in [-0.4, -0.2) is 30.7 Å². The van der Waals surface area contributed by atoms with Gasteiger partial charge in [-0.05, 0) is 17.7 Å². The van der Waals surface area contributed by atoms with Gasteiger partial charge >= 0.3 is 5.97 Å². The fourth-order valence-electron chi connectivity index (χ4n) is 2.51. The van der Waals surface area contributed by atoms with E-state index in [0.29, 0.717) is 5.65 Å². The van der Waals surface area contributed by atoms with Crippen molar-refractivity contribution in [3.63, 3.8) is 0 Å². The topological polar surface area (TPSA) is 80.4 Å². The van der Waals surface area contributed by atoms with Crippen LogP contribution in [0.1, 0.15) is 10.4 Å². The first-order valence-corrected chi connectivity index (χ1v) is 6.65. The Bertz CT molecular complexity index is 1020. The molecule has 0 radical (unpaired) electrons. The van der Waals surface area contributed by atoms with E-state index in [1.54, 1.807) is 12.4 Å². The monoisotopic (exact) mass is 290 g/mol. The second-order valence-electron chi connectivity index (χ2n) is 4.85. The Kier molecular flexibility index (Phi) is 2.62. The average Bonchev–Trinajstić information content (AvgIpc) is 2.97. The number of rotatable bonds is 2. The predicted molar refractivity (Wildman–Crippen MR) is 80.7 cm³/mol. The summed E-state index contributed by atoms with van der Waals surface area (Å²) < 4.78 is 1.48. The lowest BCUT2D eigenvalue weighted by atomic mass is 10.0. The van der Waals surface area contributed by atoms with Crippen molar-refractivity contribution in [2.24, 2.45) is 0 Å². The number of aromatic nitrogens is 4. The van der Waals surface area contributed by atoms with Crippen molar-refractivity contribution in [3.8, 4) is 11.1 Å². The summed E-state index contributed by atoms with van der Waals surface area (Å²) in [5.74, 6) is -1.03. The van der Waals surface area contributed by atoms with Crippen LogP contribution in [0.25, 0.3) is 27.7 Å². The van der Waals surface area contributed by atoms with E-state index in [2.05, 4.69) is 15.1 Å². The summed E-state index contributed by atoms with van der Waals surface area (Å²) in [4.78, 5) is 19.6. The number of para-hydroxylation sites is 1. The summed E-state index contributed by atoms with van der Waals surface area (Å²) in [6, 6.07) is 9.74. The third kappa shape index (κ3) is 1.81.